The van der Waals surface area contributed by atoms with E-state index in [9.17, 15) is 9.59 Å². The van der Waals surface area contributed by atoms with E-state index in [1.165, 1.54) is 0 Å². The van der Waals surface area contributed by atoms with E-state index in [1.54, 1.807) is 18.2 Å². The molecule has 1 aliphatic heterocycles. The predicted molar refractivity (Wildman–Crippen MR) is 69.7 cm³/mol. The lowest BCUT2D eigenvalue weighted by Crippen LogP contribution is -2.41. The summed E-state index contributed by atoms with van der Waals surface area (Å²) in [6.07, 6.45) is 1.46. The Morgan fingerprint density at radius 1 is 1.20 bits per heavy atom. The molecule has 1 fully saturated rings. The summed E-state index contributed by atoms with van der Waals surface area (Å²) in [6, 6.07) is 7.16. The average molecular weight is 276 g/mol. The van der Waals surface area contributed by atoms with Gasteiger partial charge in [-0.1, -0.05) is 12.1 Å². The molecule has 1 heterocycles. The minimum absolute atomic E-state index is 0.00160. The Hall–Kier alpha value is -2.04. The van der Waals surface area contributed by atoms with Gasteiger partial charge in [-0.15, -0.1) is 0 Å². The van der Waals surface area contributed by atoms with E-state index >= 15 is 0 Å². The van der Waals surface area contributed by atoms with Gasteiger partial charge in [-0.3, -0.25) is 4.79 Å². The SMILES string of the molecule is O=C1CCCC[C@@H]1OC(=O)[C@H]1COc2ccccc2O1. The maximum Gasteiger partial charge on any atom is 0.351 e. The Morgan fingerprint density at radius 3 is 2.80 bits per heavy atom. The van der Waals surface area contributed by atoms with Crippen LogP contribution in [0.1, 0.15) is 25.7 Å². The number of Topliss-reactive ketones (excluding diaryl/α,β-unsaturated/α-hetero) is 1. The van der Waals surface area contributed by atoms with Crippen LogP contribution in [0, 0.1) is 0 Å². The molecule has 0 amide bonds. The van der Waals surface area contributed by atoms with Crippen LogP contribution < -0.4 is 9.47 Å². The Morgan fingerprint density at radius 2 is 2.00 bits per heavy atom. The second-order valence-electron chi connectivity index (χ2n) is 5.00. The number of ketones is 1. The molecule has 2 atom stereocenters. The average Bonchev–Trinajstić information content (AvgIpc) is 2.49. The van der Waals surface area contributed by atoms with Crippen LogP contribution in [0.2, 0.25) is 0 Å². The van der Waals surface area contributed by atoms with Crippen molar-refractivity contribution in [2.75, 3.05) is 6.61 Å². The van der Waals surface area contributed by atoms with E-state index in [-0.39, 0.29) is 12.4 Å². The number of rotatable bonds is 2. The van der Waals surface area contributed by atoms with Crippen molar-refractivity contribution in [1.29, 1.82) is 0 Å². The van der Waals surface area contributed by atoms with Crippen LogP contribution in [0.3, 0.4) is 0 Å². The van der Waals surface area contributed by atoms with Crippen molar-refractivity contribution in [3.05, 3.63) is 24.3 Å². The van der Waals surface area contributed by atoms with Gasteiger partial charge in [0.2, 0.25) is 6.10 Å². The van der Waals surface area contributed by atoms with Crippen LogP contribution in [-0.2, 0) is 14.3 Å². The van der Waals surface area contributed by atoms with Gasteiger partial charge < -0.3 is 14.2 Å². The molecule has 20 heavy (non-hydrogen) atoms. The van der Waals surface area contributed by atoms with Crippen molar-refractivity contribution >= 4 is 11.8 Å². The summed E-state index contributed by atoms with van der Waals surface area (Å²) >= 11 is 0. The molecule has 1 saturated carbocycles. The van der Waals surface area contributed by atoms with E-state index in [2.05, 4.69) is 0 Å². The lowest BCUT2D eigenvalue weighted by atomic mass is 9.96. The Kier molecular flexibility index (Phi) is 3.58. The van der Waals surface area contributed by atoms with Gasteiger partial charge in [0, 0.05) is 6.42 Å². The number of hydrogen-bond acceptors (Lipinski definition) is 5. The summed E-state index contributed by atoms with van der Waals surface area (Å²) < 4.78 is 16.3. The third-order valence-corrected chi connectivity index (χ3v) is 3.53. The fourth-order valence-corrected chi connectivity index (χ4v) is 2.43. The maximum atomic E-state index is 12.0. The predicted octanol–water partition coefficient (Wildman–Crippen LogP) is 1.88. The van der Waals surface area contributed by atoms with Crippen molar-refractivity contribution in [2.45, 2.75) is 37.9 Å². The van der Waals surface area contributed by atoms with Gasteiger partial charge in [-0.2, -0.15) is 0 Å². The highest BCUT2D eigenvalue weighted by atomic mass is 16.6. The number of fused-ring (bicyclic) bond motifs is 1. The number of ether oxygens (including phenoxy) is 3. The zero-order valence-corrected chi connectivity index (χ0v) is 11.0. The van der Waals surface area contributed by atoms with Gasteiger partial charge in [0.05, 0.1) is 0 Å². The number of para-hydroxylation sites is 2. The standard InChI is InChI=1S/C15H16O5/c16-10-5-1-2-6-11(10)20-15(17)14-9-18-12-7-3-4-8-13(12)19-14/h3-4,7-8,11,14H,1-2,5-6,9H2/t11-,14+/m0/s1. The molecule has 1 aliphatic carbocycles. The Bertz CT molecular complexity index is 525. The molecule has 5 nitrogen and oxygen atoms in total. The summed E-state index contributed by atoms with van der Waals surface area (Å²) in [5.74, 6) is 0.613. The van der Waals surface area contributed by atoms with Crippen LogP contribution in [0.15, 0.2) is 24.3 Å². The Labute approximate surface area is 116 Å². The molecule has 2 aliphatic rings. The van der Waals surface area contributed by atoms with Gasteiger partial charge in [0.25, 0.3) is 0 Å². The first-order valence-electron chi connectivity index (χ1n) is 6.86. The summed E-state index contributed by atoms with van der Waals surface area (Å²) in [7, 11) is 0. The minimum atomic E-state index is -0.806. The molecule has 0 unspecified atom stereocenters. The zero-order valence-electron chi connectivity index (χ0n) is 11.0. The first kappa shape index (κ1) is 13.0. The van der Waals surface area contributed by atoms with Crippen molar-refractivity contribution in [3.63, 3.8) is 0 Å². The van der Waals surface area contributed by atoms with Crippen LogP contribution >= 0.6 is 0 Å². The van der Waals surface area contributed by atoms with Crippen molar-refractivity contribution in [2.24, 2.45) is 0 Å². The highest BCUT2D eigenvalue weighted by Crippen LogP contribution is 2.31. The van der Waals surface area contributed by atoms with Crippen LogP contribution in [0.4, 0.5) is 0 Å². The number of esters is 1. The second kappa shape index (κ2) is 5.53. The van der Waals surface area contributed by atoms with E-state index in [0.717, 1.165) is 12.8 Å². The van der Waals surface area contributed by atoms with Crippen molar-refractivity contribution in [3.8, 4) is 11.5 Å². The molecular formula is C15H16O5. The minimum Gasteiger partial charge on any atom is -0.485 e. The molecule has 0 N–H and O–H groups in total. The molecular weight excluding hydrogens is 260 g/mol. The Balaban J connectivity index is 1.63. The largest absolute Gasteiger partial charge is 0.485 e. The van der Waals surface area contributed by atoms with Gasteiger partial charge in [-0.05, 0) is 31.4 Å². The number of carbonyl (C=O) groups is 2. The molecule has 1 aromatic carbocycles. The van der Waals surface area contributed by atoms with E-state index in [1.807, 2.05) is 6.07 Å². The number of benzene rings is 1. The van der Waals surface area contributed by atoms with Gasteiger partial charge in [-0.25, -0.2) is 4.79 Å². The van der Waals surface area contributed by atoms with Crippen molar-refractivity contribution in [1.82, 2.24) is 0 Å². The number of hydrogen-bond donors (Lipinski definition) is 0. The summed E-state index contributed by atoms with van der Waals surface area (Å²) in [4.78, 5) is 23.7. The molecule has 5 heteroatoms. The van der Waals surface area contributed by atoms with E-state index in [4.69, 9.17) is 14.2 Å². The maximum absolute atomic E-state index is 12.0. The van der Waals surface area contributed by atoms with Crippen LogP contribution in [0.25, 0.3) is 0 Å². The van der Waals surface area contributed by atoms with Crippen LogP contribution in [0.5, 0.6) is 11.5 Å². The molecule has 0 saturated heterocycles. The van der Waals surface area contributed by atoms with Gasteiger partial charge in [0.15, 0.2) is 23.4 Å². The molecule has 0 bridgehead atoms. The smallest absolute Gasteiger partial charge is 0.351 e. The van der Waals surface area contributed by atoms with Gasteiger partial charge >= 0.3 is 5.97 Å². The lowest BCUT2D eigenvalue weighted by Gasteiger charge is -2.27. The third kappa shape index (κ3) is 2.61. The highest BCUT2D eigenvalue weighted by molar-refractivity contribution is 5.87. The second-order valence-corrected chi connectivity index (χ2v) is 5.00. The first-order valence-corrected chi connectivity index (χ1v) is 6.86. The molecule has 0 aromatic heterocycles. The molecule has 3 rings (SSSR count). The normalized spacial score (nSPS) is 25.1. The zero-order chi connectivity index (χ0) is 13.9. The quantitative estimate of drug-likeness (QED) is 0.772. The van der Waals surface area contributed by atoms with Gasteiger partial charge in [0.1, 0.15) is 6.61 Å². The first-order chi connectivity index (χ1) is 9.74. The fraction of sp³-hybridized carbons (Fsp3) is 0.467. The van der Waals surface area contributed by atoms with Crippen LogP contribution in [-0.4, -0.2) is 30.6 Å². The molecule has 0 radical (unpaired) electrons. The topological polar surface area (TPSA) is 61.8 Å². The van der Waals surface area contributed by atoms with Crippen molar-refractivity contribution < 1.29 is 23.8 Å². The lowest BCUT2D eigenvalue weighted by molar-refractivity contribution is -0.165. The third-order valence-electron chi connectivity index (χ3n) is 3.53. The monoisotopic (exact) mass is 276 g/mol. The highest BCUT2D eigenvalue weighted by Gasteiger charge is 2.33. The van der Waals surface area contributed by atoms with E-state index < -0.39 is 18.2 Å². The molecule has 0 spiro atoms. The summed E-state index contributed by atoms with van der Waals surface area (Å²) in [6.45, 7) is 0.108. The number of carbonyl (C=O) groups excluding carboxylic acids is 2. The fourth-order valence-electron chi connectivity index (χ4n) is 2.43. The summed E-state index contributed by atoms with van der Waals surface area (Å²) in [5.41, 5.74) is 0. The molecule has 1 aromatic rings. The van der Waals surface area contributed by atoms with E-state index in [0.29, 0.717) is 24.3 Å². The summed E-state index contributed by atoms with van der Waals surface area (Å²) in [5, 5.41) is 0. The molecule has 106 valence electrons.